The van der Waals surface area contributed by atoms with Gasteiger partial charge in [0.15, 0.2) is 0 Å². The topological polar surface area (TPSA) is 76.7 Å². The van der Waals surface area contributed by atoms with Crippen molar-refractivity contribution in [1.82, 2.24) is 10.6 Å². The molecule has 0 saturated carbocycles. The minimum atomic E-state index is -0.502. The number of amides is 1. The standard InChI is InChI=1S/C12H22N2O4/c1-9(8-10(15)17-5)13-6-7-14-11(16)18-12(2,3)4/h8,13H,6-7H2,1-5H3,(H,14,16)/b9-8-. The van der Waals surface area contributed by atoms with E-state index < -0.39 is 17.7 Å². The third kappa shape index (κ3) is 9.50. The van der Waals surface area contributed by atoms with E-state index in [2.05, 4.69) is 15.4 Å². The van der Waals surface area contributed by atoms with Gasteiger partial charge in [-0.05, 0) is 27.7 Å². The summed E-state index contributed by atoms with van der Waals surface area (Å²) in [6.45, 7) is 8.04. The number of esters is 1. The molecule has 0 spiro atoms. The normalized spacial score (nSPS) is 11.7. The van der Waals surface area contributed by atoms with Crippen molar-refractivity contribution in [3.63, 3.8) is 0 Å². The monoisotopic (exact) mass is 258 g/mol. The van der Waals surface area contributed by atoms with Crippen molar-refractivity contribution in [1.29, 1.82) is 0 Å². The second-order valence-corrected chi connectivity index (χ2v) is 4.71. The second-order valence-electron chi connectivity index (χ2n) is 4.71. The van der Waals surface area contributed by atoms with Gasteiger partial charge in [0, 0.05) is 24.9 Å². The van der Waals surface area contributed by atoms with Crippen LogP contribution in [0.15, 0.2) is 11.8 Å². The first kappa shape index (κ1) is 16.3. The molecule has 0 atom stereocenters. The highest BCUT2D eigenvalue weighted by Gasteiger charge is 2.15. The minimum Gasteiger partial charge on any atom is -0.466 e. The largest absolute Gasteiger partial charge is 0.466 e. The highest BCUT2D eigenvalue weighted by atomic mass is 16.6. The molecule has 0 rings (SSSR count). The molecule has 0 bridgehead atoms. The molecule has 0 aromatic rings. The lowest BCUT2D eigenvalue weighted by Gasteiger charge is -2.19. The Morgan fingerprint density at radius 3 is 2.22 bits per heavy atom. The molecule has 1 amide bonds. The first-order chi connectivity index (χ1) is 8.24. The number of allylic oxidation sites excluding steroid dienone is 1. The SMILES string of the molecule is COC(=O)/C=C(/C)NCCNC(=O)OC(C)(C)C. The first-order valence-corrected chi connectivity index (χ1v) is 5.71. The van der Waals surface area contributed by atoms with Crippen LogP contribution in [0.2, 0.25) is 0 Å². The molecule has 0 fully saturated rings. The summed E-state index contributed by atoms with van der Waals surface area (Å²) in [6, 6.07) is 0. The number of methoxy groups -OCH3 is 1. The molecular weight excluding hydrogens is 236 g/mol. The number of rotatable bonds is 5. The minimum absolute atomic E-state index is 0.404. The van der Waals surface area contributed by atoms with E-state index in [1.807, 2.05) is 0 Å². The number of carbonyl (C=O) groups is 2. The number of ether oxygens (including phenoxy) is 2. The molecule has 18 heavy (non-hydrogen) atoms. The molecule has 0 aliphatic heterocycles. The smallest absolute Gasteiger partial charge is 0.407 e. The van der Waals surface area contributed by atoms with Gasteiger partial charge in [-0.15, -0.1) is 0 Å². The average Bonchev–Trinajstić information content (AvgIpc) is 2.21. The van der Waals surface area contributed by atoms with E-state index in [1.54, 1.807) is 27.7 Å². The van der Waals surface area contributed by atoms with Gasteiger partial charge in [-0.25, -0.2) is 9.59 Å². The summed E-state index contributed by atoms with van der Waals surface area (Å²) in [5.74, 6) is -0.417. The lowest BCUT2D eigenvalue weighted by atomic mass is 10.2. The Bertz CT molecular complexity index is 319. The van der Waals surface area contributed by atoms with Gasteiger partial charge in [-0.3, -0.25) is 0 Å². The zero-order valence-electron chi connectivity index (χ0n) is 11.6. The second kappa shape index (κ2) is 7.58. The van der Waals surface area contributed by atoms with Crippen LogP contribution in [0, 0.1) is 0 Å². The van der Waals surface area contributed by atoms with Gasteiger partial charge in [0.1, 0.15) is 5.60 Å². The van der Waals surface area contributed by atoms with E-state index in [9.17, 15) is 9.59 Å². The Hall–Kier alpha value is -1.72. The highest BCUT2D eigenvalue weighted by Crippen LogP contribution is 2.05. The fraction of sp³-hybridized carbons (Fsp3) is 0.667. The molecule has 0 aromatic heterocycles. The Labute approximate surface area is 108 Å². The van der Waals surface area contributed by atoms with Crippen LogP contribution in [0.25, 0.3) is 0 Å². The number of alkyl carbamates (subject to hydrolysis) is 1. The maximum absolute atomic E-state index is 11.3. The number of nitrogens with one attached hydrogen (secondary N) is 2. The van der Waals surface area contributed by atoms with Crippen LogP contribution in [-0.4, -0.2) is 37.9 Å². The number of hydrogen-bond acceptors (Lipinski definition) is 5. The van der Waals surface area contributed by atoms with E-state index in [1.165, 1.54) is 13.2 Å². The lowest BCUT2D eigenvalue weighted by Crippen LogP contribution is -2.36. The quantitative estimate of drug-likeness (QED) is 0.440. The Morgan fingerprint density at radius 2 is 1.72 bits per heavy atom. The van der Waals surface area contributed by atoms with Crippen LogP contribution < -0.4 is 10.6 Å². The molecule has 6 heteroatoms. The van der Waals surface area contributed by atoms with Crippen LogP contribution in [0.1, 0.15) is 27.7 Å². The van der Waals surface area contributed by atoms with Gasteiger partial charge < -0.3 is 20.1 Å². The van der Waals surface area contributed by atoms with Gasteiger partial charge >= 0.3 is 12.1 Å². The van der Waals surface area contributed by atoms with Gasteiger partial charge in [0.05, 0.1) is 7.11 Å². The van der Waals surface area contributed by atoms with E-state index in [4.69, 9.17) is 4.74 Å². The van der Waals surface area contributed by atoms with Gasteiger partial charge in [0.2, 0.25) is 0 Å². The fourth-order valence-corrected chi connectivity index (χ4v) is 1.03. The third-order valence-electron chi connectivity index (χ3n) is 1.73. The molecule has 104 valence electrons. The summed E-state index contributed by atoms with van der Waals surface area (Å²) in [7, 11) is 1.32. The average molecular weight is 258 g/mol. The van der Waals surface area contributed by atoms with Crippen molar-refractivity contribution in [3.05, 3.63) is 11.8 Å². The molecule has 0 radical (unpaired) electrons. The number of carbonyl (C=O) groups excluding carboxylic acids is 2. The van der Waals surface area contributed by atoms with Gasteiger partial charge in [-0.1, -0.05) is 0 Å². The Kier molecular flexibility index (Phi) is 6.85. The molecule has 0 unspecified atom stereocenters. The van der Waals surface area contributed by atoms with Crippen molar-refractivity contribution in [2.75, 3.05) is 20.2 Å². The van der Waals surface area contributed by atoms with E-state index in [0.29, 0.717) is 18.8 Å². The van der Waals surface area contributed by atoms with Crippen molar-refractivity contribution in [2.24, 2.45) is 0 Å². The van der Waals surface area contributed by atoms with Crippen molar-refractivity contribution in [3.8, 4) is 0 Å². The summed E-state index contributed by atoms with van der Waals surface area (Å²) >= 11 is 0. The van der Waals surface area contributed by atoms with Gasteiger partial charge in [0.25, 0.3) is 0 Å². The van der Waals surface area contributed by atoms with Crippen LogP contribution >= 0.6 is 0 Å². The maximum atomic E-state index is 11.3. The molecular formula is C12H22N2O4. The number of hydrogen-bond donors (Lipinski definition) is 2. The summed E-state index contributed by atoms with van der Waals surface area (Å²) in [4.78, 5) is 22.2. The van der Waals surface area contributed by atoms with E-state index in [0.717, 1.165) is 0 Å². The van der Waals surface area contributed by atoms with E-state index in [-0.39, 0.29) is 0 Å². The fourth-order valence-electron chi connectivity index (χ4n) is 1.03. The van der Waals surface area contributed by atoms with Crippen LogP contribution in [0.5, 0.6) is 0 Å². The molecule has 0 aliphatic carbocycles. The summed E-state index contributed by atoms with van der Waals surface area (Å²) in [5.41, 5.74) is 0.172. The van der Waals surface area contributed by atoms with Crippen molar-refractivity contribution < 1.29 is 19.1 Å². The summed E-state index contributed by atoms with van der Waals surface area (Å²) in [6.07, 6.45) is 0.881. The van der Waals surface area contributed by atoms with Crippen LogP contribution in [0.4, 0.5) is 4.79 Å². The zero-order valence-corrected chi connectivity index (χ0v) is 11.6. The van der Waals surface area contributed by atoms with Crippen molar-refractivity contribution in [2.45, 2.75) is 33.3 Å². The predicted octanol–water partition coefficient (Wildman–Crippen LogP) is 1.18. The predicted molar refractivity (Wildman–Crippen MR) is 68.0 cm³/mol. The maximum Gasteiger partial charge on any atom is 0.407 e. The lowest BCUT2D eigenvalue weighted by molar-refractivity contribution is -0.134. The molecule has 6 nitrogen and oxygen atoms in total. The molecule has 0 heterocycles. The summed E-state index contributed by atoms with van der Waals surface area (Å²) < 4.78 is 9.54. The van der Waals surface area contributed by atoms with E-state index >= 15 is 0 Å². The third-order valence-corrected chi connectivity index (χ3v) is 1.73. The van der Waals surface area contributed by atoms with Crippen molar-refractivity contribution >= 4 is 12.1 Å². The molecule has 0 saturated heterocycles. The van der Waals surface area contributed by atoms with Gasteiger partial charge in [-0.2, -0.15) is 0 Å². The Balaban J connectivity index is 3.77. The van der Waals surface area contributed by atoms with Crippen LogP contribution in [-0.2, 0) is 14.3 Å². The zero-order chi connectivity index (χ0) is 14.2. The first-order valence-electron chi connectivity index (χ1n) is 5.71. The molecule has 2 N–H and O–H groups in total. The molecule has 0 aromatic carbocycles. The van der Waals surface area contributed by atoms with Crippen LogP contribution in [0.3, 0.4) is 0 Å². The highest BCUT2D eigenvalue weighted by molar-refractivity contribution is 5.82. The molecule has 0 aliphatic rings. The summed E-state index contributed by atoms with van der Waals surface area (Å²) in [5, 5.41) is 5.55. The Morgan fingerprint density at radius 1 is 1.17 bits per heavy atom.